The highest BCUT2D eigenvalue weighted by Crippen LogP contribution is 2.52. The molecule has 2 atom stereocenters. The Morgan fingerprint density at radius 2 is 0.825 bits per heavy atom. The van der Waals surface area contributed by atoms with Crippen molar-refractivity contribution in [2.75, 3.05) is 0 Å². The molecule has 268 valence electrons. The molecule has 0 saturated heterocycles. The Labute approximate surface area is 334 Å². The highest BCUT2D eigenvalue weighted by Gasteiger charge is 2.36. The molecular formula is C57H40. The summed E-state index contributed by atoms with van der Waals surface area (Å²) in [6, 6.07) is 64.2. The van der Waals surface area contributed by atoms with Crippen molar-refractivity contribution in [3.63, 3.8) is 0 Å². The van der Waals surface area contributed by atoms with Crippen LogP contribution in [-0.2, 0) is 5.41 Å². The molecule has 0 spiro atoms. The van der Waals surface area contributed by atoms with Crippen molar-refractivity contribution < 1.29 is 0 Å². The summed E-state index contributed by atoms with van der Waals surface area (Å²) >= 11 is 0. The normalized spacial score (nSPS) is 16.9. The monoisotopic (exact) mass is 724 g/mol. The molecule has 0 bridgehead atoms. The zero-order valence-electron chi connectivity index (χ0n) is 32.1. The van der Waals surface area contributed by atoms with Crippen molar-refractivity contribution in [3.05, 3.63) is 216 Å². The number of fused-ring (bicyclic) bond motifs is 8. The van der Waals surface area contributed by atoms with E-state index in [1.807, 2.05) is 0 Å². The molecule has 0 aliphatic heterocycles. The predicted octanol–water partition coefficient (Wildman–Crippen LogP) is 15.4. The Balaban J connectivity index is 0.854. The van der Waals surface area contributed by atoms with Crippen LogP contribution in [0, 0.1) is 0 Å². The number of hydrogen-bond donors (Lipinski definition) is 0. The van der Waals surface area contributed by atoms with Crippen LogP contribution in [0.25, 0.3) is 88.0 Å². The third kappa shape index (κ3) is 4.93. The first kappa shape index (κ1) is 32.5. The highest BCUT2D eigenvalue weighted by atomic mass is 14.4. The number of rotatable bonds is 4. The van der Waals surface area contributed by atoms with Gasteiger partial charge in [-0.3, -0.25) is 0 Å². The SMILES string of the molecule is CC1(C)c2cc(-c3ccc4ccccc4c3)ccc2-c2ccc(-c3ccc4cc(-c5cccc(-c6ccc7c8c(cccc68)C6C=CC=CC76)c5)ccc4c3)cc21. The Kier molecular flexibility index (Phi) is 6.91. The predicted molar refractivity (Wildman–Crippen MR) is 242 cm³/mol. The topological polar surface area (TPSA) is 0 Å². The Hall–Kier alpha value is -6.76. The second-order valence-corrected chi connectivity index (χ2v) is 16.9. The van der Waals surface area contributed by atoms with E-state index in [4.69, 9.17) is 0 Å². The fourth-order valence-electron chi connectivity index (χ4n) is 10.4. The van der Waals surface area contributed by atoms with Gasteiger partial charge in [0.05, 0.1) is 0 Å². The molecular weight excluding hydrogens is 685 g/mol. The van der Waals surface area contributed by atoms with Gasteiger partial charge in [0.2, 0.25) is 0 Å². The average molecular weight is 725 g/mol. The molecule has 0 N–H and O–H groups in total. The fourth-order valence-corrected chi connectivity index (χ4v) is 10.4. The molecule has 0 heterocycles. The van der Waals surface area contributed by atoms with Crippen molar-refractivity contribution in [2.24, 2.45) is 0 Å². The molecule has 0 saturated carbocycles. The van der Waals surface area contributed by atoms with E-state index in [0.717, 1.165) is 0 Å². The van der Waals surface area contributed by atoms with Crippen LogP contribution >= 0.6 is 0 Å². The van der Waals surface area contributed by atoms with Crippen LogP contribution in [0.5, 0.6) is 0 Å². The first-order valence-electron chi connectivity index (χ1n) is 20.3. The van der Waals surface area contributed by atoms with E-state index in [-0.39, 0.29) is 5.41 Å². The lowest BCUT2D eigenvalue weighted by molar-refractivity contribution is 0.661. The second-order valence-electron chi connectivity index (χ2n) is 16.9. The molecule has 0 heteroatoms. The molecule has 0 aromatic heterocycles. The zero-order valence-corrected chi connectivity index (χ0v) is 32.1. The summed E-state index contributed by atoms with van der Waals surface area (Å²) in [6.45, 7) is 4.77. The van der Waals surface area contributed by atoms with E-state index >= 15 is 0 Å². The minimum atomic E-state index is -0.103. The van der Waals surface area contributed by atoms with Gasteiger partial charge in [0.1, 0.15) is 0 Å². The van der Waals surface area contributed by atoms with Crippen molar-refractivity contribution in [3.8, 4) is 55.6 Å². The van der Waals surface area contributed by atoms with Crippen molar-refractivity contribution in [1.82, 2.24) is 0 Å². The van der Waals surface area contributed by atoms with Gasteiger partial charge >= 0.3 is 0 Å². The van der Waals surface area contributed by atoms with Crippen LogP contribution in [-0.4, -0.2) is 0 Å². The lowest BCUT2D eigenvalue weighted by Gasteiger charge is -2.22. The smallest absolute Gasteiger partial charge is 0.0159 e. The summed E-state index contributed by atoms with van der Waals surface area (Å²) in [4.78, 5) is 0. The van der Waals surface area contributed by atoms with E-state index in [1.54, 1.807) is 0 Å². The van der Waals surface area contributed by atoms with E-state index in [9.17, 15) is 0 Å². The van der Waals surface area contributed by atoms with Crippen LogP contribution in [0.2, 0.25) is 0 Å². The lowest BCUT2D eigenvalue weighted by Crippen LogP contribution is -2.15. The first-order chi connectivity index (χ1) is 28.0. The molecule has 0 fully saturated rings. The Morgan fingerprint density at radius 1 is 0.351 bits per heavy atom. The molecule has 0 radical (unpaired) electrons. The van der Waals surface area contributed by atoms with Gasteiger partial charge in [-0.05, 0) is 147 Å². The molecule has 9 aromatic rings. The number of hydrogen-bond acceptors (Lipinski definition) is 0. The maximum Gasteiger partial charge on any atom is 0.0159 e. The molecule has 0 nitrogen and oxygen atoms in total. The van der Waals surface area contributed by atoms with Crippen LogP contribution in [0.15, 0.2) is 194 Å². The molecule has 57 heavy (non-hydrogen) atoms. The summed E-state index contributed by atoms with van der Waals surface area (Å²) in [5.41, 5.74) is 18.4. The molecule has 2 unspecified atom stereocenters. The number of allylic oxidation sites excluding steroid dienone is 4. The largest absolute Gasteiger partial charge is 0.0761 e. The average Bonchev–Trinajstić information content (AvgIpc) is 3.71. The molecule has 9 aromatic carbocycles. The third-order valence-electron chi connectivity index (χ3n) is 13.4. The lowest BCUT2D eigenvalue weighted by atomic mass is 9.80. The fraction of sp³-hybridized carbons (Fsp3) is 0.0877. The van der Waals surface area contributed by atoms with E-state index in [2.05, 4.69) is 208 Å². The standard InChI is InChI=1S/C57H40/c1-57(2)54-33-43(41-18-17-35-9-3-4-10-36(35)29-41)23-25-49(54)50-26-24-44(34-55(50)57)42-22-21-39-30-38(19-20-40(39)31-42)37-11-7-12-45(32-37)46-27-28-53-48-14-6-5-13-47(48)52-16-8-15-51(46)56(52)53/h3-34,47-48H,1-2H3. The summed E-state index contributed by atoms with van der Waals surface area (Å²) in [7, 11) is 0. The molecule has 3 aliphatic carbocycles. The highest BCUT2D eigenvalue weighted by molar-refractivity contribution is 6.03. The van der Waals surface area contributed by atoms with Gasteiger partial charge in [0.25, 0.3) is 0 Å². The summed E-state index contributed by atoms with van der Waals surface area (Å²) in [5, 5.41) is 7.86. The minimum absolute atomic E-state index is 0.103. The molecule has 3 aliphatic rings. The van der Waals surface area contributed by atoms with Crippen LogP contribution in [0.1, 0.15) is 47.9 Å². The summed E-state index contributed by atoms with van der Waals surface area (Å²) in [6.07, 6.45) is 9.15. The quantitative estimate of drug-likeness (QED) is 0.170. The van der Waals surface area contributed by atoms with Crippen molar-refractivity contribution in [1.29, 1.82) is 0 Å². The van der Waals surface area contributed by atoms with Crippen molar-refractivity contribution in [2.45, 2.75) is 31.1 Å². The van der Waals surface area contributed by atoms with E-state index < -0.39 is 0 Å². The molecule has 12 rings (SSSR count). The minimum Gasteiger partial charge on any atom is -0.0761 e. The maximum atomic E-state index is 2.44. The van der Waals surface area contributed by atoms with Gasteiger partial charge in [0.15, 0.2) is 0 Å². The van der Waals surface area contributed by atoms with Gasteiger partial charge in [-0.15, -0.1) is 0 Å². The zero-order chi connectivity index (χ0) is 37.8. The van der Waals surface area contributed by atoms with Crippen LogP contribution in [0.3, 0.4) is 0 Å². The second kappa shape index (κ2) is 12.1. The molecule has 0 amide bonds. The van der Waals surface area contributed by atoms with Gasteiger partial charge in [-0.25, -0.2) is 0 Å². The third-order valence-corrected chi connectivity index (χ3v) is 13.4. The van der Waals surface area contributed by atoms with Gasteiger partial charge in [-0.1, -0.05) is 172 Å². The Bertz CT molecular complexity index is 3200. The first-order valence-corrected chi connectivity index (χ1v) is 20.3. The Morgan fingerprint density at radius 3 is 1.47 bits per heavy atom. The number of benzene rings is 9. The van der Waals surface area contributed by atoms with Gasteiger partial charge in [-0.2, -0.15) is 0 Å². The van der Waals surface area contributed by atoms with Crippen molar-refractivity contribution >= 4 is 32.3 Å². The van der Waals surface area contributed by atoms with Gasteiger partial charge < -0.3 is 0 Å². The van der Waals surface area contributed by atoms with Crippen LogP contribution in [0.4, 0.5) is 0 Å². The maximum absolute atomic E-state index is 2.44. The van der Waals surface area contributed by atoms with Gasteiger partial charge in [0, 0.05) is 17.3 Å². The van der Waals surface area contributed by atoms with E-state index in [1.165, 1.54) is 110 Å². The summed E-state index contributed by atoms with van der Waals surface area (Å²) < 4.78 is 0. The van der Waals surface area contributed by atoms with Crippen LogP contribution < -0.4 is 0 Å². The van der Waals surface area contributed by atoms with E-state index in [0.29, 0.717) is 11.8 Å². The summed E-state index contributed by atoms with van der Waals surface area (Å²) in [5.74, 6) is 0.881.